The molecule has 4 aromatic rings. The zero-order valence-electron chi connectivity index (χ0n) is 18.7. The van der Waals surface area contributed by atoms with Crippen LogP contribution in [0.1, 0.15) is 25.0 Å². The van der Waals surface area contributed by atoms with Gasteiger partial charge < -0.3 is 15.0 Å². The molecule has 0 aliphatic carbocycles. The zero-order chi connectivity index (χ0) is 23.3. The van der Waals surface area contributed by atoms with Crippen molar-refractivity contribution < 1.29 is 4.74 Å². The molecule has 1 spiro atoms. The first kappa shape index (κ1) is 21.6. The van der Waals surface area contributed by atoms with Crippen molar-refractivity contribution >= 4 is 39.9 Å². The molecule has 0 radical (unpaired) electrons. The van der Waals surface area contributed by atoms with Crippen LogP contribution in [0.2, 0.25) is 10.0 Å². The normalized spacial score (nSPS) is 17.8. The quantitative estimate of drug-likeness (QED) is 0.393. The van der Waals surface area contributed by atoms with Gasteiger partial charge in [-0.15, -0.1) is 0 Å². The zero-order valence-corrected chi connectivity index (χ0v) is 20.2. The smallest absolute Gasteiger partial charge is 0.128 e. The molecule has 1 unspecified atom stereocenters. The first-order valence-corrected chi connectivity index (χ1v) is 12.1. The average molecular weight is 495 g/mol. The predicted octanol–water partition coefficient (Wildman–Crippen LogP) is 5.27. The molecular weight excluding hydrogens is 471 g/mol. The minimum absolute atomic E-state index is 0.341. The number of pyridine rings is 2. The number of halogens is 2. The molecule has 174 valence electrons. The number of anilines is 1. The van der Waals surface area contributed by atoms with E-state index in [0.717, 1.165) is 54.2 Å². The number of fused-ring (bicyclic) bond motifs is 1. The minimum atomic E-state index is -0.341. The SMILES string of the molecule is CC(Oc1ccc2[nH]nc(-c3ccc(N4CC5(CCNC5)C4)nc3)c2c1)c1c(Cl)cncc1Cl. The summed E-state index contributed by atoms with van der Waals surface area (Å²) >= 11 is 12.6. The average Bonchev–Trinajstić information content (AvgIpc) is 3.46. The van der Waals surface area contributed by atoms with Gasteiger partial charge in [0.25, 0.3) is 0 Å². The lowest BCUT2D eigenvalue weighted by Gasteiger charge is -2.48. The second kappa shape index (κ2) is 8.41. The van der Waals surface area contributed by atoms with Gasteiger partial charge >= 0.3 is 0 Å². The highest BCUT2D eigenvalue weighted by Gasteiger charge is 2.45. The van der Waals surface area contributed by atoms with E-state index in [0.29, 0.717) is 26.8 Å². The fourth-order valence-electron chi connectivity index (χ4n) is 5.06. The molecule has 5 heterocycles. The molecule has 2 N–H and O–H groups in total. The summed E-state index contributed by atoms with van der Waals surface area (Å²) in [6, 6.07) is 10.0. The highest BCUT2D eigenvalue weighted by atomic mass is 35.5. The van der Waals surface area contributed by atoms with E-state index >= 15 is 0 Å². The van der Waals surface area contributed by atoms with Gasteiger partial charge in [0.15, 0.2) is 0 Å². The highest BCUT2D eigenvalue weighted by Crippen LogP contribution is 2.39. The Kier molecular flexibility index (Phi) is 5.36. The summed E-state index contributed by atoms with van der Waals surface area (Å²) in [6.45, 7) is 6.30. The number of nitrogens with one attached hydrogen (secondary N) is 2. The van der Waals surface area contributed by atoms with E-state index in [1.807, 2.05) is 31.3 Å². The van der Waals surface area contributed by atoms with Crippen molar-refractivity contribution in [3.8, 4) is 17.0 Å². The van der Waals surface area contributed by atoms with Crippen molar-refractivity contribution in [1.82, 2.24) is 25.5 Å². The van der Waals surface area contributed by atoms with Gasteiger partial charge in [-0.2, -0.15) is 5.10 Å². The highest BCUT2D eigenvalue weighted by molar-refractivity contribution is 6.35. The molecule has 7 nitrogen and oxygen atoms in total. The summed E-state index contributed by atoms with van der Waals surface area (Å²) in [4.78, 5) is 11.1. The Morgan fingerprint density at radius 2 is 1.91 bits per heavy atom. The number of nitrogens with zero attached hydrogens (tertiary/aromatic N) is 4. The lowest BCUT2D eigenvalue weighted by molar-refractivity contribution is 0.227. The number of ether oxygens (including phenoxy) is 1. The van der Waals surface area contributed by atoms with E-state index in [4.69, 9.17) is 32.9 Å². The maximum absolute atomic E-state index is 6.30. The van der Waals surface area contributed by atoms with Crippen LogP contribution in [0, 0.1) is 5.41 Å². The van der Waals surface area contributed by atoms with Gasteiger partial charge in [0.1, 0.15) is 23.4 Å². The summed E-state index contributed by atoms with van der Waals surface area (Å²) < 4.78 is 6.18. The Bertz CT molecular complexity index is 1320. The summed E-state index contributed by atoms with van der Waals surface area (Å²) in [5.74, 6) is 1.72. The Morgan fingerprint density at radius 1 is 1.09 bits per heavy atom. The summed E-state index contributed by atoms with van der Waals surface area (Å²) in [5.41, 5.74) is 3.88. The van der Waals surface area contributed by atoms with Crippen LogP contribution in [0.3, 0.4) is 0 Å². The van der Waals surface area contributed by atoms with E-state index in [1.54, 1.807) is 12.4 Å². The molecule has 2 aliphatic rings. The number of rotatable bonds is 5. The number of hydrogen-bond donors (Lipinski definition) is 2. The Balaban J connectivity index is 1.23. The molecule has 0 saturated carbocycles. The molecule has 6 rings (SSSR count). The Hall–Kier alpha value is -2.87. The molecule has 34 heavy (non-hydrogen) atoms. The van der Waals surface area contributed by atoms with E-state index in [9.17, 15) is 0 Å². The number of H-pyrrole nitrogens is 1. The van der Waals surface area contributed by atoms with Gasteiger partial charge in [-0.3, -0.25) is 10.1 Å². The van der Waals surface area contributed by atoms with Crippen molar-refractivity contribution in [1.29, 1.82) is 0 Å². The van der Waals surface area contributed by atoms with Gasteiger partial charge in [0.05, 0.1) is 15.6 Å². The molecule has 0 amide bonds. The van der Waals surface area contributed by atoms with Crippen molar-refractivity contribution in [3.63, 3.8) is 0 Å². The van der Waals surface area contributed by atoms with Gasteiger partial charge in [0, 0.05) is 60.2 Å². The monoisotopic (exact) mass is 494 g/mol. The van der Waals surface area contributed by atoms with Crippen LogP contribution in [0.25, 0.3) is 22.2 Å². The van der Waals surface area contributed by atoms with Crippen LogP contribution >= 0.6 is 23.2 Å². The number of aromatic amines is 1. The van der Waals surface area contributed by atoms with Crippen LogP contribution in [-0.4, -0.2) is 46.3 Å². The van der Waals surface area contributed by atoms with Crippen LogP contribution < -0.4 is 15.0 Å². The third-order valence-corrected chi connectivity index (χ3v) is 7.48. The van der Waals surface area contributed by atoms with Gasteiger partial charge in [-0.25, -0.2) is 4.98 Å². The molecule has 2 fully saturated rings. The van der Waals surface area contributed by atoms with Crippen molar-refractivity contribution in [2.75, 3.05) is 31.1 Å². The first-order valence-electron chi connectivity index (χ1n) is 11.4. The topological polar surface area (TPSA) is 79.0 Å². The lowest BCUT2D eigenvalue weighted by atomic mass is 9.79. The second-order valence-corrected chi connectivity index (χ2v) is 10.1. The number of hydrogen-bond acceptors (Lipinski definition) is 6. The fourth-order valence-corrected chi connectivity index (χ4v) is 5.74. The molecule has 2 aliphatic heterocycles. The first-order chi connectivity index (χ1) is 16.5. The third kappa shape index (κ3) is 3.78. The van der Waals surface area contributed by atoms with Crippen LogP contribution in [0.4, 0.5) is 5.82 Å². The summed E-state index contributed by atoms with van der Waals surface area (Å²) in [6.07, 6.45) is 5.95. The molecule has 0 bridgehead atoms. The van der Waals surface area contributed by atoms with Crippen molar-refractivity contribution in [3.05, 3.63) is 64.5 Å². The number of aromatic nitrogens is 4. The molecule has 9 heteroatoms. The summed E-state index contributed by atoms with van der Waals surface area (Å²) in [7, 11) is 0. The maximum atomic E-state index is 6.30. The van der Waals surface area contributed by atoms with Gasteiger partial charge in [0.2, 0.25) is 0 Å². The molecule has 1 atom stereocenters. The third-order valence-electron chi connectivity index (χ3n) is 6.87. The Morgan fingerprint density at radius 3 is 2.62 bits per heavy atom. The summed E-state index contributed by atoms with van der Waals surface area (Å²) in [5, 5.41) is 13.1. The molecule has 3 aromatic heterocycles. The largest absolute Gasteiger partial charge is 0.486 e. The predicted molar refractivity (Wildman–Crippen MR) is 135 cm³/mol. The standard InChI is InChI=1S/C25H24Cl2N6O/c1-15(23-19(26)10-29-11-20(23)27)34-17-3-4-21-18(8-17)24(32-31-21)16-2-5-22(30-9-16)33-13-25(14-33)6-7-28-12-25/h2-5,8-11,15,28H,6-7,12-14H2,1H3,(H,31,32). The minimum Gasteiger partial charge on any atom is -0.486 e. The molecular formula is C25H24Cl2N6O. The number of benzene rings is 1. The van der Waals surface area contributed by atoms with Gasteiger partial charge in [-0.05, 0) is 50.2 Å². The lowest BCUT2D eigenvalue weighted by Crippen LogP contribution is -2.57. The molecule has 1 aromatic carbocycles. The van der Waals surface area contributed by atoms with E-state index < -0.39 is 0 Å². The second-order valence-electron chi connectivity index (χ2n) is 9.24. The van der Waals surface area contributed by atoms with Crippen LogP contribution in [0.15, 0.2) is 48.9 Å². The van der Waals surface area contributed by atoms with Crippen LogP contribution in [0.5, 0.6) is 5.75 Å². The Labute approximate surface area is 207 Å². The van der Waals surface area contributed by atoms with Crippen LogP contribution in [-0.2, 0) is 0 Å². The fraction of sp³-hybridized carbons (Fsp3) is 0.320. The maximum Gasteiger partial charge on any atom is 0.128 e. The van der Waals surface area contributed by atoms with E-state index in [1.165, 1.54) is 6.42 Å². The van der Waals surface area contributed by atoms with Crippen molar-refractivity contribution in [2.45, 2.75) is 19.4 Å². The molecule has 2 saturated heterocycles. The van der Waals surface area contributed by atoms with E-state index in [2.05, 4.69) is 37.5 Å². The van der Waals surface area contributed by atoms with Gasteiger partial charge in [-0.1, -0.05) is 23.2 Å². The van der Waals surface area contributed by atoms with E-state index in [-0.39, 0.29) is 6.10 Å². The van der Waals surface area contributed by atoms with Crippen molar-refractivity contribution in [2.24, 2.45) is 5.41 Å².